The van der Waals surface area contributed by atoms with Crippen molar-refractivity contribution >= 4 is 21.6 Å². The van der Waals surface area contributed by atoms with Crippen LogP contribution in [0.3, 0.4) is 0 Å². The fourth-order valence-electron chi connectivity index (χ4n) is 2.53. The smallest absolute Gasteiger partial charge is 0.0721 e. The van der Waals surface area contributed by atoms with Crippen molar-refractivity contribution in [1.29, 1.82) is 0 Å². The van der Waals surface area contributed by atoms with Gasteiger partial charge in [-0.25, -0.2) is 0 Å². The molecule has 0 aromatic heterocycles. The lowest BCUT2D eigenvalue weighted by Crippen LogP contribution is -2.31. The zero-order valence-electron chi connectivity index (χ0n) is 11.9. The predicted octanol–water partition coefficient (Wildman–Crippen LogP) is 3.34. The van der Waals surface area contributed by atoms with Crippen molar-refractivity contribution in [2.24, 2.45) is 0 Å². The van der Waals surface area contributed by atoms with Crippen molar-refractivity contribution in [3.63, 3.8) is 0 Å². The van der Waals surface area contributed by atoms with E-state index in [2.05, 4.69) is 58.2 Å². The lowest BCUT2D eigenvalue weighted by molar-refractivity contribution is 0.0820. The van der Waals surface area contributed by atoms with Crippen LogP contribution < -0.4 is 10.2 Å². The molecule has 0 radical (unpaired) electrons. The Morgan fingerprint density at radius 2 is 2.26 bits per heavy atom. The van der Waals surface area contributed by atoms with Crippen LogP contribution in [0.2, 0.25) is 0 Å². The summed E-state index contributed by atoms with van der Waals surface area (Å²) in [5.74, 6) is 0. The molecule has 0 saturated carbocycles. The molecule has 106 valence electrons. The Balaban J connectivity index is 2.32. The Morgan fingerprint density at radius 3 is 3.00 bits per heavy atom. The number of nitrogens with one attached hydrogen (secondary N) is 1. The van der Waals surface area contributed by atoms with Gasteiger partial charge in [0, 0.05) is 35.9 Å². The van der Waals surface area contributed by atoms with E-state index in [1.165, 1.54) is 11.3 Å². The molecular weight excluding hydrogens is 304 g/mol. The molecule has 1 aliphatic heterocycles. The van der Waals surface area contributed by atoms with Gasteiger partial charge in [-0.1, -0.05) is 22.0 Å². The van der Waals surface area contributed by atoms with Crippen LogP contribution in [-0.4, -0.2) is 32.8 Å². The number of ether oxygens (including phenoxy) is 1. The predicted molar refractivity (Wildman–Crippen MR) is 83.9 cm³/mol. The molecule has 0 spiro atoms. The molecule has 3 nitrogen and oxygen atoms in total. The van der Waals surface area contributed by atoms with E-state index in [4.69, 9.17) is 4.74 Å². The summed E-state index contributed by atoms with van der Waals surface area (Å²) < 4.78 is 6.87. The van der Waals surface area contributed by atoms with Crippen LogP contribution in [-0.2, 0) is 4.74 Å². The molecule has 1 N–H and O–H groups in total. The monoisotopic (exact) mass is 326 g/mol. The first-order valence-corrected chi connectivity index (χ1v) is 7.74. The molecule has 1 aliphatic rings. The lowest BCUT2D eigenvalue weighted by Gasteiger charge is -2.29. The van der Waals surface area contributed by atoms with Crippen LogP contribution in [0, 0.1) is 0 Å². The van der Waals surface area contributed by atoms with Gasteiger partial charge < -0.3 is 15.0 Å². The van der Waals surface area contributed by atoms with Crippen molar-refractivity contribution in [2.75, 3.05) is 31.6 Å². The Labute approximate surface area is 124 Å². The molecule has 1 aromatic rings. The summed E-state index contributed by atoms with van der Waals surface area (Å²) in [7, 11) is 2.00. The number of halogens is 1. The van der Waals surface area contributed by atoms with E-state index in [1.54, 1.807) is 0 Å². The molecule has 1 aromatic carbocycles. The van der Waals surface area contributed by atoms with Crippen LogP contribution in [0.15, 0.2) is 22.7 Å². The maximum atomic E-state index is 5.74. The minimum absolute atomic E-state index is 0.291. The number of rotatable bonds is 3. The zero-order valence-corrected chi connectivity index (χ0v) is 13.5. The molecule has 1 saturated heterocycles. The summed E-state index contributed by atoms with van der Waals surface area (Å²) in [5, 5.41) is 3.33. The lowest BCUT2D eigenvalue weighted by atomic mass is 10.0. The van der Waals surface area contributed by atoms with Gasteiger partial charge >= 0.3 is 0 Å². The van der Waals surface area contributed by atoms with Crippen LogP contribution in [0.4, 0.5) is 5.69 Å². The van der Waals surface area contributed by atoms with Crippen molar-refractivity contribution in [3.8, 4) is 0 Å². The van der Waals surface area contributed by atoms with Crippen LogP contribution >= 0.6 is 15.9 Å². The van der Waals surface area contributed by atoms with Gasteiger partial charge in [0.2, 0.25) is 0 Å². The van der Waals surface area contributed by atoms with Crippen molar-refractivity contribution in [3.05, 3.63) is 28.2 Å². The molecule has 19 heavy (non-hydrogen) atoms. The highest BCUT2D eigenvalue weighted by Crippen LogP contribution is 2.30. The molecule has 4 heteroatoms. The van der Waals surface area contributed by atoms with Crippen LogP contribution in [0.5, 0.6) is 0 Å². The number of benzene rings is 1. The van der Waals surface area contributed by atoms with Gasteiger partial charge in [0.25, 0.3) is 0 Å². The highest BCUT2D eigenvalue weighted by molar-refractivity contribution is 9.10. The van der Waals surface area contributed by atoms with Gasteiger partial charge in [-0.3, -0.25) is 0 Å². The van der Waals surface area contributed by atoms with E-state index in [0.717, 1.165) is 30.6 Å². The fourth-order valence-corrected chi connectivity index (χ4v) is 2.87. The molecule has 1 heterocycles. The summed E-state index contributed by atoms with van der Waals surface area (Å²) in [6.07, 6.45) is 1.38. The molecule has 0 amide bonds. The summed E-state index contributed by atoms with van der Waals surface area (Å²) in [6, 6.07) is 6.89. The molecule has 2 rings (SSSR count). The number of hydrogen-bond acceptors (Lipinski definition) is 3. The minimum atomic E-state index is 0.291. The van der Waals surface area contributed by atoms with Gasteiger partial charge in [0.05, 0.1) is 6.10 Å². The highest BCUT2D eigenvalue weighted by atomic mass is 79.9. The third-order valence-corrected chi connectivity index (χ3v) is 4.18. The molecule has 1 fully saturated rings. The van der Waals surface area contributed by atoms with E-state index in [0.29, 0.717) is 12.1 Å². The van der Waals surface area contributed by atoms with Gasteiger partial charge in [-0.2, -0.15) is 0 Å². The first-order valence-electron chi connectivity index (χ1n) is 6.95. The van der Waals surface area contributed by atoms with Crippen molar-refractivity contribution in [2.45, 2.75) is 32.4 Å². The SMILES string of the molecule is CNC(C)c1ccc(Br)cc1N1CCCOC(C)C1. The maximum absolute atomic E-state index is 5.74. The standard InChI is InChI=1S/C15H23BrN2O/c1-11-10-18(7-4-8-19-11)15-9-13(16)5-6-14(15)12(2)17-3/h5-6,9,11-12,17H,4,7-8,10H2,1-3H3. The molecule has 0 bridgehead atoms. The largest absolute Gasteiger partial charge is 0.377 e. The van der Waals surface area contributed by atoms with Gasteiger partial charge in [0.1, 0.15) is 0 Å². The highest BCUT2D eigenvalue weighted by Gasteiger charge is 2.19. The topological polar surface area (TPSA) is 24.5 Å². The van der Waals surface area contributed by atoms with E-state index >= 15 is 0 Å². The van der Waals surface area contributed by atoms with Crippen LogP contribution in [0.25, 0.3) is 0 Å². The Morgan fingerprint density at radius 1 is 1.47 bits per heavy atom. The minimum Gasteiger partial charge on any atom is -0.377 e. The molecule has 2 atom stereocenters. The second kappa shape index (κ2) is 6.73. The quantitative estimate of drug-likeness (QED) is 0.921. The van der Waals surface area contributed by atoms with Crippen LogP contribution in [0.1, 0.15) is 31.9 Å². The van der Waals surface area contributed by atoms with E-state index in [1.807, 2.05) is 7.05 Å². The van der Waals surface area contributed by atoms with E-state index in [9.17, 15) is 0 Å². The zero-order chi connectivity index (χ0) is 13.8. The Kier molecular flexibility index (Phi) is 5.25. The molecular formula is C15H23BrN2O. The third-order valence-electron chi connectivity index (χ3n) is 3.68. The summed E-state index contributed by atoms with van der Waals surface area (Å²) in [4.78, 5) is 2.45. The Bertz CT molecular complexity index is 425. The first kappa shape index (κ1) is 14.8. The first-order chi connectivity index (χ1) is 9.11. The second-order valence-corrected chi connectivity index (χ2v) is 6.11. The number of anilines is 1. The molecule has 0 aliphatic carbocycles. The van der Waals surface area contributed by atoms with Crippen molar-refractivity contribution < 1.29 is 4.74 Å². The average molecular weight is 327 g/mol. The van der Waals surface area contributed by atoms with E-state index in [-0.39, 0.29) is 0 Å². The summed E-state index contributed by atoms with van der Waals surface area (Å²) in [6.45, 7) is 7.23. The summed E-state index contributed by atoms with van der Waals surface area (Å²) in [5.41, 5.74) is 2.66. The number of nitrogens with zero attached hydrogens (tertiary/aromatic N) is 1. The summed E-state index contributed by atoms with van der Waals surface area (Å²) >= 11 is 3.59. The van der Waals surface area contributed by atoms with Gasteiger partial charge in [-0.15, -0.1) is 0 Å². The van der Waals surface area contributed by atoms with Gasteiger partial charge in [0.15, 0.2) is 0 Å². The Hall–Kier alpha value is -0.580. The fraction of sp³-hybridized carbons (Fsp3) is 0.600. The van der Waals surface area contributed by atoms with E-state index < -0.39 is 0 Å². The van der Waals surface area contributed by atoms with Gasteiger partial charge in [-0.05, 0) is 45.0 Å². The molecule has 2 unspecified atom stereocenters. The third kappa shape index (κ3) is 3.71. The second-order valence-electron chi connectivity index (χ2n) is 5.19. The maximum Gasteiger partial charge on any atom is 0.0721 e. The number of hydrogen-bond donors (Lipinski definition) is 1. The normalized spacial score (nSPS) is 22.1. The average Bonchev–Trinajstić information content (AvgIpc) is 2.62. The van der Waals surface area contributed by atoms with Crippen molar-refractivity contribution in [1.82, 2.24) is 5.32 Å².